The van der Waals surface area contributed by atoms with E-state index < -0.39 is 0 Å². The standard InChI is InChI=1S/C7H11N3/c1-3-6-7(4-2)10-9-5-8-6/h5H,3-4H2,1-2H3. The van der Waals surface area contributed by atoms with E-state index in [0.29, 0.717) is 0 Å². The Kier molecular flexibility index (Phi) is 2.31. The minimum atomic E-state index is 0.921. The monoisotopic (exact) mass is 137 g/mol. The second kappa shape index (κ2) is 3.25. The van der Waals surface area contributed by atoms with Crippen LogP contribution in [0.4, 0.5) is 0 Å². The van der Waals surface area contributed by atoms with Crippen LogP contribution in [-0.4, -0.2) is 15.2 Å². The Labute approximate surface area is 60.5 Å². The summed E-state index contributed by atoms with van der Waals surface area (Å²) >= 11 is 0. The van der Waals surface area contributed by atoms with Gasteiger partial charge < -0.3 is 0 Å². The lowest BCUT2D eigenvalue weighted by atomic mass is 10.2. The molecule has 0 radical (unpaired) electrons. The van der Waals surface area contributed by atoms with Crippen LogP contribution in [0.3, 0.4) is 0 Å². The summed E-state index contributed by atoms with van der Waals surface area (Å²) in [7, 11) is 0. The van der Waals surface area contributed by atoms with Crippen LogP contribution < -0.4 is 0 Å². The molecule has 10 heavy (non-hydrogen) atoms. The first-order valence-corrected chi connectivity index (χ1v) is 3.53. The number of aryl methyl sites for hydroxylation is 2. The molecule has 0 aliphatic carbocycles. The van der Waals surface area contributed by atoms with Crippen LogP contribution >= 0.6 is 0 Å². The molecule has 3 nitrogen and oxygen atoms in total. The predicted molar refractivity (Wildman–Crippen MR) is 38.6 cm³/mol. The lowest BCUT2D eigenvalue weighted by molar-refractivity contribution is 0.821. The summed E-state index contributed by atoms with van der Waals surface area (Å²) in [6.07, 6.45) is 3.36. The summed E-state index contributed by atoms with van der Waals surface area (Å²) in [5.41, 5.74) is 2.09. The van der Waals surface area contributed by atoms with Crippen LogP contribution in [0.25, 0.3) is 0 Å². The van der Waals surface area contributed by atoms with Crippen molar-refractivity contribution in [2.45, 2.75) is 26.7 Å². The van der Waals surface area contributed by atoms with Gasteiger partial charge in [-0.1, -0.05) is 13.8 Å². The molecule has 0 fully saturated rings. The van der Waals surface area contributed by atoms with Crippen molar-refractivity contribution < 1.29 is 0 Å². The number of aromatic nitrogens is 3. The van der Waals surface area contributed by atoms with Gasteiger partial charge in [0.25, 0.3) is 0 Å². The summed E-state index contributed by atoms with van der Waals surface area (Å²) in [4.78, 5) is 4.09. The van der Waals surface area contributed by atoms with Crippen molar-refractivity contribution in [3.05, 3.63) is 17.7 Å². The van der Waals surface area contributed by atoms with Crippen molar-refractivity contribution in [2.24, 2.45) is 0 Å². The summed E-state index contributed by atoms with van der Waals surface area (Å²) in [6.45, 7) is 4.13. The maximum absolute atomic E-state index is 4.09. The molecule has 1 heterocycles. The Balaban J connectivity index is 2.96. The van der Waals surface area contributed by atoms with Crippen molar-refractivity contribution in [3.8, 4) is 0 Å². The molecule has 0 aliphatic rings. The third-order valence-corrected chi connectivity index (χ3v) is 1.45. The van der Waals surface area contributed by atoms with E-state index >= 15 is 0 Å². The zero-order valence-corrected chi connectivity index (χ0v) is 6.33. The van der Waals surface area contributed by atoms with Gasteiger partial charge in [-0.25, -0.2) is 4.98 Å². The molecule has 1 aromatic heterocycles. The third kappa shape index (κ3) is 1.29. The molecule has 0 aromatic carbocycles. The minimum absolute atomic E-state index is 0.921. The molecule has 0 saturated carbocycles. The van der Waals surface area contributed by atoms with E-state index in [1.165, 1.54) is 6.33 Å². The summed E-state index contributed by atoms with van der Waals surface area (Å²) in [6, 6.07) is 0. The van der Waals surface area contributed by atoms with Crippen molar-refractivity contribution in [1.29, 1.82) is 0 Å². The SMILES string of the molecule is CCc1ncnnc1CC. The fourth-order valence-corrected chi connectivity index (χ4v) is 0.893. The highest BCUT2D eigenvalue weighted by atomic mass is 15.1. The highest BCUT2D eigenvalue weighted by molar-refractivity contribution is 5.07. The van der Waals surface area contributed by atoms with Gasteiger partial charge in [0.05, 0.1) is 11.4 Å². The van der Waals surface area contributed by atoms with Crippen LogP contribution in [0, 0.1) is 0 Å². The summed E-state index contributed by atoms with van der Waals surface area (Å²) in [5.74, 6) is 0. The van der Waals surface area contributed by atoms with Gasteiger partial charge in [-0.3, -0.25) is 0 Å². The largest absolute Gasteiger partial charge is 0.238 e. The van der Waals surface area contributed by atoms with E-state index in [0.717, 1.165) is 24.2 Å². The van der Waals surface area contributed by atoms with Gasteiger partial charge in [0.1, 0.15) is 6.33 Å². The maximum Gasteiger partial charge on any atom is 0.138 e. The Hall–Kier alpha value is -0.990. The summed E-state index contributed by atoms with van der Waals surface area (Å²) < 4.78 is 0. The molecule has 0 spiro atoms. The minimum Gasteiger partial charge on any atom is -0.238 e. The number of nitrogens with zero attached hydrogens (tertiary/aromatic N) is 3. The van der Waals surface area contributed by atoms with Crippen molar-refractivity contribution in [3.63, 3.8) is 0 Å². The molecule has 0 bridgehead atoms. The highest BCUT2D eigenvalue weighted by Crippen LogP contribution is 2.00. The van der Waals surface area contributed by atoms with E-state index in [9.17, 15) is 0 Å². The topological polar surface area (TPSA) is 38.7 Å². The van der Waals surface area contributed by atoms with Crippen LogP contribution in [0.15, 0.2) is 6.33 Å². The highest BCUT2D eigenvalue weighted by Gasteiger charge is 1.98. The first kappa shape index (κ1) is 7.12. The Morgan fingerprint density at radius 1 is 1.20 bits per heavy atom. The average Bonchev–Trinajstić information content (AvgIpc) is 2.04. The molecule has 54 valence electrons. The Morgan fingerprint density at radius 3 is 2.40 bits per heavy atom. The van der Waals surface area contributed by atoms with Gasteiger partial charge in [-0.05, 0) is 12.8 Å². The second-order valence-electron chi connectivity index (χ2n) is 2.06. The lowest BCUT2D eigenvalue weighted by Gasteiger charge is -1.98. The molecule has 3 heteroatoms. The van der Waals surface area contributed by atoms with Crippen molar-refractivity contribution >= 4 is 0 Å². The molecular formula is C7H11N3. The van der Waals surface area contributed by atoms with Crippen LogP contribution in [0.1, 0.15) is 25.2 Å². The van der Waals surface area contributed by atoms with E-state index in [2.05, 4.69) is 29.0 Å². The molecule has 0 atom stereocenters. The maximum atomic E-state index is 4.09. The number of hydrogen-bond acceptors (Lipinski definition) is 3. The molecule has 0 unspecified atom stereocenters. The fourth-order valence-electron chi connectivity index (χ4n) is 0.893. The van der Waals surface area contributed by atoms with Gasteiger partial charge in [0.15, 0.2) is 0 Å². The third-order valence-electron chi connectivity index (χ3n) is 1.45. The van der Waals surface area contributed by atoms with Gasteiger partial charge in [-0.2, -0.15) is 5.10 Å². The molecule has 0 amide bonds. The first-order valence-electron chi connectivity index (χ1n) is 3.53. The van der Waals surface area contributed by atoms with E-state index in [4.69, 9.17) is 0 Å². The molecule has 0 aliphatic heterocycles. The van der Waals surface area contributed by atoms with Crippen LogP contribution in [-0.2, 0) is 12.8 Å². The van der Waals surface area contributed by atoms with Gasteiger partial charge in [0.2, 0.25) is 0 Å². The average molecular weight is 137 g/mol. The molecule has 1 aromatic rings. The Morgan fingerprint density at radius 2 is 1.90 bits per heavy atom. The van der Waals surface area contributed by atoms with Crippen molar-refractivity contribution in [1.82, 2.24) is 15.2 Å². The number of rotatable bonds is 2. The quantitative estimate of drug-likeness (QED) is 0.610. The van der Waals surface area contributed by atoms with Gasteiger partial charge in [0, 0.05) is 0 Å². The van der Waals surface area contributed by atoms with Gasteiger partial charge in [-0.15, -0.1) is 5.10 Å². The zero-order valence-electron chi connectivity index (χ0n) is 6.33. The first-order chi connectivity index (χ1) is 4.88. The molecule has 0 saturated heterocycles. The zero-order chi connectivity index (χ0) is 7.40. The van der Waals surface area contributed by atoms with Crippen LogP contribution in [0.5, 0.6) is 0 Å². The van der Waals surface area contributed by atoms with Gasteiger partial charge >= 0.3 is 0 Å². The van der Waals surface area contributed by atoms with E-state index in [1.54, 1.807) is 0 Å². The normalized spacial score (nSPS) is 9.80. The second-order valence-corrected chi connectivity index (χ2v) is 2.06. The smallest absolute Gasteiger partial charge is 0.138 e. The number of hydrogen-bond donors (Lipinski definition) is 0. The summed E-state index contributed by atoms with van der Waals surface area (Å²) in [5, 5.41) is 7.66. The molecule has 1 rings (SSSR count). The molecular weight excluding hydrogens is 126 g/mol. The van der Waals surface area contributed by atoms with E-state index in [-0.39, 0.29) is 0 Å². The van der Waals surface area contributed by atoms with E-state index in [1.807, 2.05) is 0 Å². The van der Waals surface area contributed by atoms with Crippen LogP contribution in [0.2, 0.25) is 0 Å². The lowest BCUT2D eigenvalue weighted by Crippen LogP contribution is -1.99. The predicted octanol–water partition coefficient (Wildman–Crippen LogP) is 0.996. The van der Waals surface area contributed by atoms with Crippen molar-refractivity contribution in [2.75, 3.05) is 0 Å². The Bertz CT molecular complexity index is 187. The fraction of sp³-hybridized carbons (Fsp3) is 0.571. The molecule has 0 N–H and O–H groups in total.